The van der Waals surface area contributed by atoms with Crippen molar-refractivity contribution in [3.8, 4) is 6.19 Å². The first-order valence-electron chi connectivity index (χ1n) is 2.82. The molecule has 0 radical (unpaired) electrons. The average molecular weight is 126 g/mol. The normalized spacial score (nSPS) is 18.7. The monoisotopic (exact) mass is 126 g/mol. The average Bonchev–Trinajstić information content (AvgIpc) is 1.88. The van der Waals surface area contributed by atoms with Crippen molar-refractivity contribution >= 4 is 0 Å². The Balaban J connectivity index is 2.51. The van der Waals surface area contributed by atoms with Crippen molar-refractivity contribution in [2.24, 2.45) is 0 Å². The van der Waals surface area contributed by atoms with Crippen LogP contribution in [0, 0.1) is 11.5 Å². The molecule has 0 aromatic heterocycles. The van der Waals surface area contributed by atoms with Crippen molar-refractivity contribution in [1.29, 1.82) is 5.26 Å². The van der Waals surface area contributed by atoms with Crippen molar-refractivity contribution in [3.63, 3.8) is 0 Å². The molecule has 0 bridgehead atoms. The van der Waals surface area contributed by atoms with Gasteiger partial charge in [0.2, 0.25) is 0 Å². The van der Waals surface area contributed by atoms with Crippen molar-refractivity contribution < 1.29 is 4.39 Å². The first-order valence-corrected chi connectivity index (χ1v) is 2.82. The second-order valence-corrected chi connectivity index (χ2v) is 1.96. The highest BCUT2D eigenvalue weighted by atomic mass is 19.1. The van der Waals surface area contributed by atoms with Gasteiger partial charge in [0, 0.05) is 6.54 Å². The zero-order valence-corrected chi connectivity index (χ0v) is 4.97. The Kier molecular flexibility index (Phi) is 1.69. The van der Waals surface area contributed by atoms with E-state index >= 15 is 0 Å². The van der Waals surface area contributed by atoms with Gasteiger partial charge in [-0.15, -0.1) is 0 Å². The second-order valence-electron chi connectivity index (χ2n) is 1.96. The van der Waals surface area contributed by atoms with Gasteiger partial charge in [0.15, 0.2) is 6.19 Å². The van der Waals surface area contributed by atoms with Gasteiger partial charge in [-0.3, -0.25) is 0 Å². The van der Waals surface area contributed by atoms with E-state index in [9.17, 15) is 4.39 Å². The molecule has 0 saturated heterocycles. The molecule has 0 spiro atoms. The highest BCUT2D eigenvalue weighted by Gasteiger charge is 2.08. The molecule has 0 fully saturated rings. The van der Waals surface area contributed by atoms with Gasteiger partial charge in [0.25, 0.3) is 0 Å². The van der Waals surface area contributed by atoms with E-state index in [2.05, 4.69) is 0 Å². The number of hydrogen-bond donors (Lipinski definition) is 0. The Hall–Kier alpha value is -1.04. The molecule has 1 aliphatic heterocycles. The summed E-state index contributed by atoms with van der Waals surface area (Å²) in [4.78, 5) is 1.40. The molecule has 0 amide bonds. The highest BCUT2D eigenvalue weighted by molar-refractivity contribution is 5.01. The van der Waals surface area contributed by atoms with Crippen LogP contribution in [0.1, 0.15) is 6.42 Å². The topological polar surface area (TPSA) is 27.0 Å². The maximum atomic E-state index is 12.3. The lowest BCUT2D eigenvalue weighted by Gasteiger charge is -2.16. The lowest BCUT2D eigenvalue weighted by Crippen LogP contribution is -2.23. The van der Waals surface area contributed by atoms with Crippen LogP contribution in [-0.2, 0) is 0 Å². The Morgan fingerprint density at radius 2 is 2.56 bits per heavy atom. The minimum Gasteiger partial charge on any atom is -0.304 e. The van der Waals surface area contributed by atoms with Crippen LogP contribution < -0.4 is 0 Å². The number of hydrogen-bond acceptors (Lipinski definition) is 2. The third-order valence-electron chi connectivity index (χ3n) is 1.25. The van der Waals surface area contributed by atoms with E-state index in [1.807, 2.05) is 6.19 Å². The van der Waals surface area contributed by atoms with Crippen LogP contribution in [0.15, 0.2) is 11.9 Å². The summed E-state index contributed by atoms with van der Waals surface area (Å²) in [5, 5.41) is 8.29. The third kappa shape index (κ3) is 1.43. The largest absolute Gasteiger partial charge is 0.304 e. The summed E-state index contributed by atoms with van der Waals surface area (Å²) < 4.78 is 12.3. The van der Waals surface area contributed by atoms with Crippen molar-refractivity contribution in [2.45, 2.75) is 6.42 Å². The van der Waals surface area contributed by atoms with Gasteiger partial charge in [-0.05, 0) is 12.5 Å². The van der Waals surface area contributed by atoms with Gasteiger partial charge >= 0.3 is 0 Å². The van der Waals surface area contributed by atoms with Crippen LogP contribution in [0.3, 0.4) is 0 Å². The highest BCUT2D eigenvalue weighted by Crippen LogP contribution is 2.08. The zero-order valence-electron chi connectivity index (χ0n) is 4.97. The van der Waals surface area contributed by atoms with E-state index in [0.717, 1.165) is 0 Å². The van der Waals surface area contributed by atoms with Crippen LogP contribution in [0.4, 0.5) is 4.39 Å². The summed E-state index contributed by atoms with van der Waals surface area (Å²) in [7, 11) is 0. The summed E-state index contributed by atoms with van der Waals surface area (Å²) >= 11 is 0. The Morgan fingerprint density at radius 3 is 3.00 bits per heavy atom. The third-order valence-corrected chi connectivity index (χ3v) is 1.25. The van der Waals surface area contributed by atoms with Crippen LogP contribution in [0.2, 0.25) is 0 Å². The molecule has 0 saturated carbocycles. The van der Waals surface area contributed by atoms with Gasteiger partial charge < -0.3 is 4.90 Å². The first-order chi connectivity index (χ1) is 4.33. The SMILES string of the molecule is N#CN1CCC=C(F)C1. The summed E-state index contributed by atoms with van der Waals surface area (Å²) in [6.07, 6.45) is 4.06. The zero-order chi connectivity index (χ0) is 6.69. The minimum atomic E-state index is -0.192. The van der Waals surface area contributed by atoms with Crippen molar-refractivity contribution in [1.82, 2.24) is 4.90 Å². The maximum Gasteiger partial charge on any atom is 0.179 e. The van der Waals surface area contributed by atoms with E-state index in [1.165, 1.54) is 11.0 Å². The molecule has 1 heterocycles. The van der Waals surface area contributed by atoms with Gasteiger partial charge in [-0.2, -0.15) is 5.26 Å². The van der Waals surface area contributed by atoms with Crippen molar-refractivity contribution in [2.75, 3.05) is 13.1 Å². The molecule has 0 unspecified atom stereocenters. The van der Waals surface area contributed by atoms with E-state index in [4.69, 9.17) is 5.26 Å². The molecule has 0 aromatic carbocycles. The molecular weight excluding hydrogens is 119 g/mol. The van der Waals surface area contributed by atoms with Gasteiger partial charge in [0.1, 0.15) is 5.83 Å². The molecule has 9 heavy (non-hydrogen) atoms. The maximum absolute atomic E-state index is 12.3. The molecular formula is C6H7FN2. The van der Waals surface area contributed by atoms with E-state index in [0.29, 0.717) is 13.0 Å². The molecule has 1 aliphatic rings. The lowest BCUT2D eigenvalue weighted by molar-refractivity contribution is 0.369. The van der Waals surface area contributed by atoms with E-state index in [1.54, 1.807) is 0 Å². The molecule has 0 N–H and O–H groups in total. The Bertz CT molecular complexity index is 168. The molecule has 0 atom stereocenters. The fourth-order valence-corrected chi connectivity index (χ4v) is 0.788. The molecule has 0 aliphatic carbocycles. The number of nitriles is 1. The lowest BCUT2D eigenvalue weighted by atomic mass is 10.2. The van der Waals surface area contributed by atoms with Gasteiger partial charge in [-0.1, -0.05) is 0 Å². The smallest absolute Gasteiger partial charge is 0.179 e. The minimum absolute atomic E-state index is 0.163. The fraction of sp³-hybridized carbons (Fsp3) is 0.500. The quantitative estimate of drug-likeness (QED) is 0.453. The predicted octanol–water partition coefficient (Wildman–Crippen LogP) is 1.03. The number of halogens is 1. The molecule has 48 valence electrons. The first kappa shape index (κ1) is 6.09. The Labute approximate surface area is 53.2 Å². The number of rotatable bonds is 0. The Morgan fingerprint density at radius 1 is 1.78 bits per heavy atom. The molecule has 2 nitrogen and oxygen atoms in total. The summed E-state index contributed by atoms with van der Waals surface area (Å²) in [6.45, 7) is 0.820. The van der Waals surface area contributed by atoms with Crippen LogP contribution >= 0.6 is 0 Å². The molecule has 3 heteroatoms. The van der Waals surface area contributed by atoms with E-state index < -0.39 is 0 Å². The standard InChI is InChI=1S/C6H7FN2/c7-6-2-1-3-9(4-6)5-8/h2H,1,3-4H2. The van der Waals surface area contributed by atoms with Crippen LogP contribution in [-0.4, -0.2) is 18.0 Å². The predicted molar refractivity (Wildman–Crippen MR) is 31.0 cm³/mol. The number of nitrogens with zero attached hydrogens (tertiary/aromatic N) is 2. The molecule has 0 aromatic rings. The van der Waals surface area contributed by atoms with Crippen LogP contribution in [0.5, 0.6) is 0 Å². The van der Waals surface area contributed by atoms with Crippen molar-refractivity contribution in [3.05, 3.63) is 11.9 Å². The summed E-state index contributed by atoms with van der Waals surface area (Å²) in [6, 6.07) is 0. The van der Waals surface area contributed by atoms with Gasteiger partial charge in [0.05, 0.1) is 6.54 Å². The molecule has 1 rings (SSSR count). The summed E-state index contributed by atoms with van der Waals surface area (Å²) in [5.41, 5.74) is 0. The fourth-order valence-electron chi connectivity index (χ4n) is 0.788. The van der Waals surface area contributed by atoms with Gasteiger partial charge in [-0.25, -0.2) is 4.39 Å². The van der Waals surface area contributed by atoms with E-state index in [-0.39, 0.29) is 12.4 Å². The second kappa shape index (κ2) is 2.49. The summed E-state index contributed by atoms with van der Waals surface area (Å²) in [5.74, 6) is -0.192. The van der Waals surface area contributed by atoms with Crippen LogP contribution in [0.25, 0.3) is 0 Å².